The van der Waals surface area contributed by atoms with Crippen molar-refractivity contribution in [3.63, 3.8) is 0 Å². The predicted octanol–water partition coefficient (Wildman–Crippen LogP) is 3.21. The van der Waals surface area contributed by atoms with Crippen LogP contribution in [0.15, 0.2) is 28.7 Å². The average molecular weight is 329 g/mol. The standard InChI is InChI=1S/C14H17BrO4/c1-9(10-4-6-11(15)7-5-10)14(2,8-12(16)17)13(18)19-3/h4-7,9H,8H2,1-3H3,(H,16,17). The highest BCUT2D eigenvalue weighted by molar-refractivity contribution is 9.10. The van der Waals surface area contributed by atoms with Crippen molar-refractivity contribution in [2.45, 2.75) is 26.2 Å². The van der Waals surface area contributed by atoms with Crippen molar-refractivity contribution in [3.05, 3.63) is 34.3 Å². The van der Waals surface area contributed by atoms with E-state index in [1.54, 1.807) is 6.92 Å². The number of carbonyl (C=O) groups is 2. The molecule has 0 bridgehead atoms. The summed E-state index contributed by atoms with van der Waals surface area (Å²) in [5.41, 5.74) is -0.189. The lowest BCUT2D eigenvalue weighted by molar-refractivity contribution is -0.158. The highest BCUT2D eigenvalue weighted by Gasteiger charge is 2.42. The molecule has 1 aromatic carbocycles. The first kappa shape index (κ1) is 15.7. The van der Waals surface area contributed by atoms with Crippen LogP contribution in [0.1, 0.15) is 31.7 Å². The monoisotopic (exact) mass is 328 g/mol. The summed E-state index contributed by atoms with van der Waals surface area (Å²) in [5.74, 6) is -1.79. The van der Waals surface area contributed by atoms with Crippen molar-refractivity contribution in [1.29, 1.82) is 0 Å². The maximum Gasteiger partial charge on any atom is 0.312 e. The predicted molar refractivity (Wildman–Crippen MR) is 74.9 cm³/mol. The molecular formula is C14H17BrO4. The molecule has 2 unspecified atom stereocenters. The Labute approximate surface area is 120 Å². The molecule has 0 aromatic heterocycles. The maximum atomic E-state index is 12.0. The van der Waals surface area contributed by atoms with Gasteiger partial charge in [-0.1, -0.05) is 35.0 Å². The van der Waals surface area contributed by atoms with Gasteiger partial charge >= 0.3 is 11.9 Å². The van der Waals surface area contributed by atoms with Crippen molar-refractivity contribution in [3.8, 4) is 0 Å². The molecule has 0 saturated heterocycles. The van der Waals surface area contributed by atoms with Crippen LogP contribution in [0.3, 0.4) is 0 Å². The summed E-state index contributed by atoms with van der Waals surface area (Å²) in [5, 5.41) is 9.02. The Kier molecular flexibility index (Phi) is 5.11. The maximum absolute atomic E-state index is 12.0. The van der Waals surface area contributed by atoms with Gasteiger partial charge in [0.05, 0.1) is 18.9 Å². The second-order valence-corrected chi connectivity index (χ2v) is 5.67. The van der Waals surface area contributed by atoms with E-state index < -0.39 is 17.4 Å². The number of aliphatic carboxylic acids is 1. The number of benzene rings is 1. The molecular weight excluding hydrogens is 312 g/mol. The van der Waals surface area contributed by atoms with Gasteiger partial charge in [0.2, 0.25) is 0 Å². The Bertz CT molecular complexity index is 469. The zero-order chi connectivity index (χ0) is 14.6. The number of rotatable bonds is 5. The molecule has 19 heavy (non-hydrogen) atoms. The first-order chi connectivity index (χ1) is 8.81. The van der Waals surface area contributed by atoms with E-state index in [0.29, 0.717) is 0 Å². The van der Waals surface area contributed by atoms with Gasteiger partial charge in [0.15, 0.2) is 0 Å². The fraction of sp³-hybridized carbons (Fsp3) is 0.429. The third kappa shape index (κ3) is 3.56. The van der Waals surface area contributed by atoms with Gasteiger partial charge in [-0.2, -0.15) is 0 Å². The molecule has 1 N–H and O–H groups in total. The van der Waals surface area contributed by atoms with Crippen molar-refractivity contribution >= 4 is 27.9 Å². The van der Waals surface area contributed by atoms with Crippen LogP contribution in [0.2, 0.25) is 0 Å². The average Bonchev–Trinajstić information content (AvgIpc) is 2.36. The second-order valence-electron chi connectivity index (χ2n) is 4.75. The quantitative estimate of drug-likeness (QED) is 0.843. The second kappa shape index (κ2) is 6.19. The Morgan fingerprint density at radius 3 is 2.32 bits per heavy atom. The molecule has 1 rings (SSSR count). The normalized spacial score (nSPS) is 15.4. The molecule has 0 aliphatic heterocycles. The van der Waals surface area contributed by atoms with Gasteiger partial charge in [-0.25, -0.2) is 0 Å². The topological polar surface area (TPSA) is 63.6 Å². The zero-order valence-corrected chi connectivity index (χ0v) is 12.7. The van der Waals surface area contributed by atoms with Crippen LogP contribution < -0.4 is 0 Å². The van der Waals surface area contributed by atoms with Gasteiger partial charge in [0, 0.05) is 4.47 Å². The van der Waals surface area contributed by atoms with Crippen molar-refractivity contribution in [2.24, 2.45) is 5.41 Å². The Hall–Kier alpha value is -1.36. The van der Waals surface area contributed by atoms with E-state index in [2.05, 4.69) is 15.9 Å². The Morgan fingerprint density at radius 2 is 1.89 bits per heavy atom. The smallest absolute Gasteiger partial charge is 0.312 e. The van der Waals surface area contributed by atoms with Gasteiger partial charge in [0.25, 0.3) is 0 Å². The van der Waals surface area contributed by atoms with Crippen LogP contribution in [0.5, 0.6) is 0 Å². The molecule has 0 aliphatic rings. The van der Waals surface area contributed by atoms with Crippen molar-refractivity contribution in [1.82, 2.24) is 0 Å². The molecule has 0 spiro atoms. The Balaban J connectivity index is 3.13. The van der Waals surface area contributed by atoms with E-state index in [9.17, 15) is 9.59 Å². The minimum Gasteiger partial charge on any atom is -0.481 e. The third-order valence-corrected chi connectivity index (χ3v) is 4.02. The molecule has 1 aromatic rings. The lowest BCUT2D eigenvalue weighted by atomic mass is 9.72. The van der Waals surface area contributed by atoms with Crippen LogP contribution in [-0.4, -0.2) is 24.2 Å². The van der Waals surface area contributed by atoms with E-state index in [-0.39, 0.29) is 12.3 Å². The van der Waals surface area contributed by atoms with Crippen molar-refractivity contribution < 1.29 is 19.4 Å². The highest BCUT2D eigenvalue weighted by Crippen LogP contribution is 2.40. The number of carbonyl (C=O) groups excluding carboxylic acids is 1. The summed E-state index contributed by atoms with van der Waals surface area (Å²) in [7, 11) is 1.27. The number of hydrogen-bond acceptors (Lipinski definition) is 3. The number of hydrogen-bond donors (Lipinski definition) is 1. The summed E-state index contributed by atoms with van der Waals surface area (Å²) in [4.78, 5) is 23.0. The fourth-order valence-electron chi connectivity index (χ4n) is 2.07. The van der Waals surface area contributed by atoms with Crippen molar-refractivity contribution in [2.75, 3.05) is 7.11 Å². The summed E-state index contributed by atoms with van der Waals surface area (Å²) in [6.07, 6.45) is -0.267. The Morgan fingerprint density at radius 1 is 1.37 bits per heavy atom. The largest absolute Gasteiger partial charge is 0.481 e. The molecule has 0 saturated carbocycles. The minimum atomic E-state index is -1.09. The van der Waals surface area contributed by atoms with E-state index in [1.165, 1.54) is 7.11 Å². The summed E-state index contributed by atoms with van der Waals surface area (Å²) < 4.78 is 5.70. The number of halogens is 1. The summed E-state index contributed by atoms with van der Waals surface area (Å²) >= 11 is 3.34. The SMILES string of the molecule is COC(=O)C(C)(CC(=O)O)C(C)c1ccc(Br)cc1. The lowest BCUT2D eigenvalue weighted by Crippen LogP contribution is -2.36. The van der Waals surface area contributed by atoms with E-state index in [0.717, 1.165) is 10.0 Å². The number of esters is 1. The number of carboxylic acid groups (broad SMARTS) is 1. The van der Waals surface area contributed by atoms with Gasteiger partial charge in [-0.3, -0.25) is 9.59 Å². The molecule has 0 aliphatic carbocycles. The van der Waals surface area contributed by atoms with Gasteiger partial charge < -0.3 is 9.84 Å². The van der Waals surface area contributed by atoms with Gasteiger partial charge in [0.1, 0.15) is 0 Å². The van der Waals surface area contributed by atoms with Crippen LogP contribution in [-0.2, 0) is 14.3 Å². The molecule has 0 radical (unpaired) electrons. The molecule has 0 amide bonds. The van der Waals surface area contributed by atoms with Crippen LogP contribution >= 0.6 is 15.9 Å². The summed E-state index contributed by atoms with van der Waals surface area (Å²) in [6.45, 7) is 3.46. The first-order valence-electron chi connectivity index (χ1n) is 5.87. The molecule has 2 atom stereocenters. The number of methoxy groups -OCH3 is 1. The van der Waals surface area contributed by atoms with E-state index in [4.69, 9.17) is 9.84 Å². The highest BCUT2D eigenvalue weighted by atomic mass is 79.9. The fourth-order valence-corrected chi connectivity index (χ4v) is 2.33. The molecule has 0 fully saturated rings. The number of ether oxygens (including phenoxy) is 1. The van der Waals surface area contributed by atoms with Crippen LogP contribution in [0.25, 0.3) is 0 Å². The zero-order valence-electron chi connectivity index (χ0n) is 11.1. The molecule has 5 heteroatoms. The summed E-state index contributed by atoms with van der Waals surface area (Å²) in [6, 6.07) is 7.48. The van der Waals surface area contributed by atoms with E-state index in [1.807, 2.05) is 31.2 Å². The van der Waals surface area contributed by atoms with Gasteiger partial charge in [-0.15, -0.1) is 0 Å². The lowest BCUT2D eigenvalue weighted by Gasteiger charge is -2.31. The van der Waals surface area contributed by atoms with Crippen LogP contribution in [0, 0.1) is 5.41 Å². The molecule has 104 valence electrons. The molecule has 4 nitrogen and oxygen atoms in total. The first-order valence-corrected chi connectivity index (χ1v) is 6.66. The van der Waals surface area contributed by atoms with Gasteiger partial charge in [-0.05, 0) is 30.5 Å². The molecule has 0 heterocycles. The third-order valence-electron chi connectivity index (χ3n) is 3.50. The van der Waals surface area contributed by atoms with Crippen LogP contribution in [0.4, 0.5) is 0 Å². The number of carboxylic acids is 1. The van der Waals surface area contributed by atoms with E-state index >= 15 is 0 Å². The minimum absolute atomic E-state index is 0.260.